The molecule has 2 bridgehead atoms. The molecule has 4 saturated heterocycles. The molecule has 4 heterocycles. The second-order valence-corrected chi connectivity index (χ2v) is 11.8. The summed E-state index contributed by atoms with van der Waals surface area (Å²) >= 11 is 0. The first-order valence-electron chi connectivity index (χ1n) is 14.8. The van der Waals surface area contributed by atoms with Gasteiger partial charge in [-0.1, -0.05) is 19.1 Å². The minimum Gasteiger partial charge on any atom is -0.465 e. The molecule has 0 aromatic rings. The molecule has 0 aromatic heterocycles. The van der Waals surface area contributed by atoms with Crippen LogP contribution >= 0.6 is 0 Å². The Labute approximate surface area is 238 Å². The maximum atomic E-state index is 14.4. The van der Waals surface area contributed by atoms with Gasteiger partial charge in [0.1, 0.15) is 17.6 Å². The Hall–Kier alpha value is -2.27. The fourth-order valence-corrected chi connectivity index (χ4v) is 7.22. The van der Waals surface area contributed by atoms with Crippen LogP contribution in [0.3, 0.4) is 0 Å². The van der Waals surface area contributed by atoms with Gasteiger partial charge >= 0.3 is 5.97 Å². The predicted molar refractivity (Wildman–Crippen MR) is 149 cm³/mol. The van der Waals surface area contributed by atoms with Gasteiger partial charge in [0.25, 0.3) is 0 Å². The van der Waals surface area contributed by atoms with Gasteiger partial charge in [-0.05, 0) is 44.9 Å². The van der Waals surface area contributed by atoms with Crippen LogP contribution in [-0.4, -0.2) is 121 Å². The average Bonchev–Trinajstić information content (AvgIpc) is 3.46. The number of carbonyl (C=O) groups is 3. The lowest BCUT2D eigenvalue weighted by Gasteiger charge is -2.38. The van der Waals surface area contributed by atoms with E-state index < -0.39 is 35.0 Å². The lowest BCUT2D eigenvalue weighted by Crippen LogP contribution is -2.57. The third-order valence-corrected chi connectivity index (χ3v) is 9.36. The van der Waals surface area contributed by atoms with Gasteiger partial charge in [-0.25, -0.2) is 0 Å². The van der Waals surface area contributed by atoms with Crippen molar-refractivity contribution in [3.8, 4) is 0 Å². The topological polar surface area (TPSA) is 109 Å². The number of aliphatic hydroxyl groups excluding tert-OH is 1. The van der Waals surface area contributed by atoms with E-state index in [2.05, 4.69) is 18.1 Å². The van der Waals surface area contributed by atoms with Crippen molar-refractivity contribution >= 4 is 17.8 Å². The Morgan fingerprint density at radius 3 is 2.60 bits per heavy atom. The predicted octanol–water partition coefficient (Wildman–Crippen LogP) is 1.63. The SMILES string of the molecule is C=CCCCCOC(=O)[C@@H]1[C@H]2C(=O)N(CCCO)C(C(=O)N(CC=C)CCN3CCOCC3)C23CC(C)[C@@]1(C)O3. The van der Waals surface area contributed by atoms with E-state index in [0.29, 0.717) is 52.1 Å². The number of allylic oxidation sites excluding steroid dienone is 1. The Morgan fingerprint density at radius 2 is 1.93 bits per heavy atom. The number of nitrogens with zero attached hydrogens (tertiary/aromatic N) is 3. The second kappa shape index (κ2) is 13.1. The zero-order valence-electron chi connectivity index (χ0n) is 24.2. The van der Waals surface area contributed by atoms with Gasteiger partial charge in [0.05, 0.1) is 31.3 Å². The summed E-state index contributed by atoms with van der Waals surface area (Å²) in [5, 5.41) is 9.60. The third-order valence-electron chi connectivity index (χ3n) is 9.36. The third kappa shape index (κ3) is 5.60. The van der Waals surface area contributed by atoms with Gasteiger partial charge in [0.2, 0.25) is 11.8 Å². The molecule has 0 aromatic carbocycles. The summed E-state index contributed by atoms with van der Waals surface area (Å²) in [7, 11) is 0. The summed E-state index contributed by atoms with van der Waals surface area (Å²) in [6, 6.07) is -0.879. The Kier molecular flexibility index (Phi) is 10.1. The van der Waals surface area contributed by atoms with Crippen molar-refractivity contribution in [2.75, 3.05) is 65.7 Å². The highest BCUT2D eigenvalue weighted by Crippen LogP contribution is 2.65. The van der Waals surface area contributed by atoms with Crippen LogP contribution in [0.2, 0.25) is 0 Å². The summed E-state index contributed by atoms with van der Waals surface area (Å²) in [5.41, 5.74) is -2.03. The standard InChI is InChI=1S/C30H47N3O7/c1-5-7-8-9-18-39-28(37)24-23-26(35)33(12-10-17-34)25(30(23)21-22(3)29(24,4)40-30)27(36)32(11-6-2)14-13-31-15-19-38-20-16-31/h5-6,22-25,34H,1-2,7-21H2,3-4H3/t22?,23-,24-,25?,29+,30?/m0/s1. The van der Waals surface area contributed by atoms with Crippen molar-refractivity contribution in [1.82, 2.24) is 14.7 Å². The van der Waals surface area contributed by atoms with Crippen LogP contribution in [-0.2, 0) is 28.6 Å². The number of hydrogen-bond donors (Lipinski definition) is 1. The number of amides is 2. The fourth-order valence-electron chi connectivity index (χ4n) is 7.22. The van der Waals surface area contributed by atoms with Crippen LogP contribution in [0.4, 0.5) is 0 Å². The van der Waals surface area contributed by atoms with Gasteiger partial charge in [0.15, 0.2) is 0 Å². The summed E-state index contributed by atoms with van der Waals surface area (Å²) < 4.78 is 17.9. The first-order valence-corrected chi connectivity index (χ1v) is 14.8. The summed E-state index contributed by atoms with van der Waals surface area (Å²) in [6.07, 6.45) is 6.80. The lowest BCUT2D eigenvalue weighted by molar-refractivity contribution is -0.162. The summed E-state index contributed by atoms with van der Waals surface area (Å²) in [4.78, 5) is 47.6. The highest BCUT2D eigenvalue weighted by Gasteiger charge is 2.80. The molecule has 4 aliphatic heterocycles. The lowest BCUT2D eigenvalue weighted by atomic mass is 9.62. The van der Waals surface area contributed by atoms with E-state index in [1.54, 1.807) is 15.9 Å². The molecule has 3 unspecified atom stereocenters. The first kappa shape index (κ1) is 30.7. The molecule has 0 aliphatic carbocycles. The summed E-state index contributed by atoms with van der Waals surface area (Å²) in [6.45, 7) is 16.3. The van der Waals surface area contributed by atoms with Gasteiger partial charge in [-0.3, -0.25) is 19.3 Å². The van der Waals surface area contributed by atoms with Crippen molar-refractivity contribution < 1.29 is 33.7 Å². The number of rotatable bonds is 15. The van der Waals surface area contributed by atoms with Crippen LogP contribution in [0.5, 0.6) is 0 Å². The molecule has 1 spiro atoms. The molecule has 40 heavy (non-hydrogen) atoms. The largest absolute Gasteiger partial charge is 0.465 e. The number of likely N-dealkylation sites (tertiary alicyclic amines) is 1. The van der Waals surface area contributed by atoms with E-state index in [4.69, 9.17) is 14.2 Å². The molecule has 4 fully saturated rings. The maximum absolute atomic E-state index is 14.4. The number of ether oxygens (including phenoxy) is 3. The number of hydrogen-bond acceptors (Lipinski definition) is 8. The van der Waals surface area contributed by atoms with Crippen LogP contribution < -0.4 is 0 Å². The van der Waals surface area contributed by atoms with E-state index in [1.165, 1.54) is 0 Å². The van der Waals surface area contributed by atoms with Gasteiger partial charge in [-0.2, -0.15) is 0 Å². The van der Waals surface area contributed by atoms with Gasteiger partial charge in [-0.15, -0.1) is 13.2 Å². The van der Waals surface area contributed by atoms with Crippen LogP contribution in [0.1, 0.15) is 46.0 Å². The molecule has 2 amide bonds. The number of esters is 1. The minimum absolute atomic E-state index is 0.0517. The van der Waals surface area contributed by atoms with Crippen LogP contribution in [0, 0.1) is 17.8 Å². The van der Waals surface area contributed by atoms with Crippen molar-refractivity contribution in [2.45, 2.75) is 63.2 Å². The minimum atomic E-state index is -1.12. The number of morpholine rings is 1. The fraction of sp³-hybridized carbons (Fsp3) is 0.767. The zero-order chi connectivity index (χ0) is 28.9. The van der Waals surface area contributed by atoms with Crippen LogP contribution in [0.15, 0.2) is 25.3 Å². The molecule has 4 aliphatic rings. The second-order valence-electron chi connectivity index (χ2n) is 11.8. The number of aliphatic hydroxyl groups is 1. The van der Waals surface area contributed by atoms with Crippen LogP contribution in [0.25, 0.3) is 0 Å². The molecule has 10 nitrogen and oxygen atoms in total. The number of unbranched alkanes of at least 4 members (excludes halogenated alkanes) is 2. The Morgan fingerprint density at radius 1 is 1.18 bits per heavy atom. The molecule has 0 saturated carbocycles. The molecule has 4 rings (SSSR count). The Bertz CT molecular complexity index is 954. The van der Waals surface area contributed by atoms with E-state index in [9.17, 15) is 19.5 Å². The highest BCUT2D eigenvalue weighted by atomic mass is 16.6. The monoisotopic (exact) mass is 561 g/mol. The molecule has 0 radical (unpaired) electrons. The highest BCUT2D eigenvalue weighted by molar-refractivity contribution is 5.98. The van der Waals surface area contributed by atoms with Crippen molar-refractivity contribution in [3.63, 3.8) is 0 Å². The zero-order valence-corrected chi connectivity index (χ0v) is 24.2. The first-order chi connectivity index (χ1) is 19.2. The number of fused-ring (bicyclic) bond motifs is 1. The quantitative estimate of drug-likeness (QED) is 0.183. The van der Waals surface area contributed by atoms with E-state index >= 15 is 0 Å². The van der Waals surface area contributed by atoms with Crippen molar-refractivity contribution in [3.05, 3.63) is 25.3 Å². The Balaban J connectivity index is 1.61. The normalized spacial score (nSPS) is 33.2. The van der Waals surface area contributed by atoms with Gasteiger partial charge in [0, 0.05) is 45.9 Å². The van der Waals surface area contributed by atoms with E-state index in [0.717, 1.165) is 25.9 Å². The number of carbonyl (C=O) groups excluding carboxylic acids is 3. The van der Waals surface area contributed by atoms with E-state index in [1.807, 2.05) is 19.9 Å². The molecular weight excluding hydrogens is 514 g/mol. The molecule has 1 N–H and O–H groups in total. The average molecular weight is 562 g/mol. The maximum Gasteiger partial charge on any atom is 0.312 e. The molecule has 10 heteroatoms. The molecular formula is C30H47N3O7. The molecule has 224 valence electrons. The van der Waals surface area contributed by atoms with Crippen molar-refractivity contribution in [2.24, 2.45) is 17.8 Å². The van der Waals surface area contributed by atoms with E-state index in [-0.39, 0.29) is 37.5 Å². The van der Waals surface area contributed by atoms with Crippen molar-refractivity contribution in [1.29, 1.82) is 0 Å². The van der Waals surface area contributed by atoms with Gasteiger partial charge < -0.3 is 29.1 Å². The smallest absolute Gasteiger partial charge is 0.312 e. The molecule has 6 atom stereocenters. The summed E-state index contributed by atoms with van der Waals surface area (Å²) in [5.74, 6) is -2.53.